The van der Waals surface area contributed by atoms with Crippen molar-refractivity contribution >= 4 is 12.3 Å². The molecule has 1 fully saturated rings. The van der Waals surface area contributed by atoms with Gasteiger partial charge in [-0.2, -0.15) is 0 Å². The smallest absolute Gasteiger partial charge is 0.306 e. The molecule has 4 atom stereocenters. The minimum Gasteiger partial charge on any atom is -0.469 e. The Labute approximate surface area is 122 Å². The summed E-state index contributed by atoms with van der Waals surface area (Å²) in [6, 6.07) is 0. The lowest BCUT2D eigenvalue weighted by molar-refractivity contribution is -0.146. The molecule has 0 aliphatic heterocycles. The molecule has 0 bridgehead atoms. The molecule has 1 aliphatic carbocycles. The summed E-state index contributed by atoms with van der Waals surface area (Å²) in [5.41, 5.74) is 1.71. The SMILES string of the molecule is C=C(C)[C@H]1CC(C=O)[C@](C)(CC(=O)OC)[C@H](C(=C)C)C1. The van der Waals surface area contributed by atoms with Crippen molar-refractivity contribution in [1.29, 1.82) is 0 Å². The highest BCUT2D eigenvalue weighted by molar-refractivity contribution is 5.71. The molecule has 3 nitrogen and oxygen atoms in total. The minimum absolute atomic E-state index is 0.132. The fraction of sp³-hybridized carbons (Fsp3) is 0.647. The second-order valence-electron chi connectivity index (χ2n) is 6.41. The van der Waals surface area contributed by atoms with Crippen molar-refractivity contribution in [3.05, 3.63) is 24.3 Å². The number of hydrogen-bond acceptors (Lipinski definition) is 3. The van der Waals surface area contributed by atoms with Crippen LogP contribution in [-0.4, -0.2) is 19.4 Å². The number of ether oxygens (including phenoxy) is 1. The zero-order valence-electron chi connectivity index (χ0n) is 13.1. The molecular formula is C17H26O3. The fourth-order valence-electron chi connectivity index (χ4n) is 3.50. The van der Waals surface area contributed by atoms with Gasteiger partial charge in [0.05, 0.1) is 13.5 Å². The van der Waals surface area contributed by atoms with Gasteiger partial charge >= 0.3 is 5.97 Å². The second kappa shape index (κ2) is 6.38. The average Bonchev–Trinajstić information content (AvgIpc) is 2.37. The summed E-state index contributed by atoms with van der Waals surface area (Å²) in [5, 5.41) is 0. The molecule has 0 N–H and O–H groups in total. The van der Waals surface area contributed by atoms with E-state index in [1.165, 1.54) is 7.11 Å². The van der Waals surface area contributed by atoms with E-state index in [0.29, 0.717) is 5.92 Å². The van der Waals surface area contributed by atoms with Crippen LogP contribution in [0.25, 0.3) is 0 Å². The third-order valence-corrected chi connectivity index (χ3v) is 4.91. The summed E-state index contributed by atoms with van der Waals surface area (Å²) in [5.74, 6) is 0.0167. The van der Waals surface area contributed by atoms with Crippen molar-refractivity contribution in [1.82, 2.24) is 0 Å². The molecule has 0 aromatic rings. The Morgan fingerprint density at radius 3 is 2.30 bits per heavy atom. The van der Waals surface area contributed by atoms with Crippen LogP contribution < -0.4 is 0 Å². The molecule has 0 amide bonds. The summed E-state index contributed by atoms with van der Waals surface area (Å²) < 4.78 is 4.81. The number of carbonyl (C=O) groups is 2. The van der Waals surface area contributed by atoms with Gasteiger partial charge in [-0.1, -0.05) is 31.2 Å². The predicted molar refractivity (Wildman–Crippen MR) is 80.1 cm³/mol. The van der Waals surface area contributed by atoms with E-state index >= 15 is 0 Å². The first-order valence-corrected chi connectivity index (χ1v) is 7.09. The lowest BCUT2D eigenvalue weighted by Crippen LogP contribution is -2.45. The van der Waals surface area contributed by atoms with Crippen LogP contribution in [0, 0.1) is 23.2 Å². The van der Waals surface area contributed by atoms with Gasteiger partial charge in [-0.15, -0.1) is 0 Å². The summed E-state index contributed by atoms with van der Waals surface area (Å²) in [6.07, 6.45) is 2.92. The largest absolute Gasteiger partial charge is 0.469 e. The highest BCUT2D eigenvalue weighted by atomic mass is 16.5. The van der Waals surface area contributed by atoms with Gasteiger partial charge in [0.25, 0.3) is 0 Å². The number of aldehydes is 1. The maximum Gasteiger partial charge on any atom is 0.306 e. The molecule has 0 radical (unpaired) electrons. The average molecular weight is 278 g/mol. The topological polar surface area (TPSA) is 43.4 Å². The summed E-state index contributed by atoms with van der Waals surface area (Å²) in [6.45, 7) is 14.1. The van der Waals surface area contributed by atoms with Crippen LogP contribution in [0.5, 0.6) is 0 Å². The van der Waals surface area contributed by atoms with Gasteiger partial charge in [-0.25, -0.2) is 0 Å². The van der Waals surface area contributed by atoms with Gasteiger partial charge in [0.1, 0.15) is 6.29 Å². The van der Waals surface area contributed by atoms with Gasteiger partial charge in [0.2, 0.25) is 0 Å². The number of allylic oxidation sites excluding steroid dienone is 2. The molecule has 0 spiro atoms. The van der Waals surface area contributed by atoms with Gasteiger partial charge in [0.15, 0.2) is 0 Å². The minimum atomic E-state index is -0.410. The Bertz CT molecular complexity index is 424. The van der Waals surface area contributed by atoms with Gasteiger partial charge < -0.3 is 9.53 Å². The monoisotopic (exact) mass is 278 g/mol. The molecule has 0 aromatic heterocycles. The Morgan fingerprint density at radius 2 is 1.90 bits per heavy atom. The molecule has 1 aliphatic rings. The number of carbonyl (C=O) groups excluding carboxylic acids is 2. The van der Waals surface area contributed by atoms with E-state index in [-0.39, 0.29) is 24.2 Å². The Hall–Kier alpha value is -1.38. The van der Waals surface area contributed by atoms with Crippen LogP contribution in [0.15, 0.2) is 24.3 Å². The molecule has 20 heavy (non-hydrogen) atoms. The molecular weight excluding hydrogens is 252 g/mol. The van der Waals surface area contributed by atoms with Crippen molar-refractivity contribution in [3.8, 4) is 0 Å². The Balaban J connectivity index is 3.15. The van der Waals surface area contributed by atoms with E-state index in [4.69, 9.17) is 4.74 Å². The van der Waals surface area contributed by atoms with Gasteiger partial charge in [-0.05, 0) is 43.9 Å². The maximum atomic E-state index is 11.7. The fourth-order valence-corrected chi connectivity index (χ4v) is 3.50. The Morgan fingerprint density at radius 1 is 1.30 bits per heavy atom. The predicted octanol–water partition coefficient (Wildman–Crippen LogP) is 3.55. The maximum absolute atomic E-state index is 11.7. The van der Waals surface area contributed by atoms with E-state index in [9.17, 15) is 9.59 Å². The quantitative estimate of drug-likeness (QED) is 0.439. The second-order valence-corrected chi connectivity index (χ2v) is 6.41. The van der Waals surface area contributed by atoms with Crippen molar-refractivity contribution < 1.29 is 14.3 Å². The molecule has 112 valence electrons. The first kappa shape index (κ1) is 16.7. The number of esters is 1. The van der Waals surface area contributed by atoms with E-state index in [2.05, 4.69) is 13.2 Å². The lowest BCUT2D eigenvalue weighted by Gasteiger charge is -2.48. The highest BCUT2D eigenvalue weighted by Crippen LogP contribution is 2.52. The number of methoxy groups -OCH3 is 1. The van der Waals surface area contributed by atoms with Crippen LogP contribution in [0.3, 0.4) is 0 Å². The Kier molecular flexibility index (Phi) is 5.32. The standard InChI is InChI=1S/C17H26O3/c1-11(2)13-7-14(10-18)17(5,9-16(19)20-6)15(8-13)12(3)4/h10,13-15H,1,3,7-9H2,2,4-6H3/t13-,14?,15-,17-/m0/s1. The summed E-state index contributed by atoms with van der Waals surface area (Å²) >= 11 is 0. The van der Waals surface area contributed by atoms with Crippen LogP contribution in [0.1, 0.15) is 40.0 Å². The van der Waals surface area contributed by atoms with Crippen LogP contribution >= 0.6 is 0 Å². The van der Waals surface area contributed by atoms with Crippen molar-refractivity contribution in [2.45, 2.75) is 40.0 Å². The summed E-state index contributed by atoms with van der Waals surface area (Å²) in [7, 11) is 1.39. The first-order valence-electron chi connectivity index (χ1n) is 7.09. The van der Waals surface area contributed by atoms with E-state index < -0.39 is 5.41 Å². The molecule has 0 aromatic carbocycles. The van der Waals surface area contributed by atoms with Crippen molar-refractivity contribution in [2.75, 3.05) is 7.11 Å². The molecule has 1 rings (SSSR count). The molecule has 1 unspecified atom stereocenters. The van der Waals surface area contributed by atoms with Crippen LogP contribution in [-0.2, 0) is 14.3 Å². The van der Waals surface area contributed by atoms with Gasteiger partial charge in [-0.3, -0.25) is 4.79 Å². The van der Waals surface area contributed by atoms with Gasteiger partial charge in [0, 0.05) is 5.92 Å². The first-order chi connectivity index (χ1) is 9.26. The third kappa shape index (κ3) is 3.20. The zero-order valence-corrected chi connectivity index (χ0v) is 13.1. The van der Waals surface area contributed by atoms with E-state index in [0.717, 1.165) is 30.3 Å². The lowest BCUT2D eigenvalue weighted by atomic mass is 9.55. The van der Waals surface area contributed by atoms with Crippen LogP contribution in [0.2, 0.25) is 0 Å². The zero-order chi connectivity index (χ0) is 15.5. The summed E-state index contributed by atoms with van der Waals surface area (Å²) in [4.78, 5) is 23.3. The van der Waals surface area contributed by atoms with E-state index in [1.807, 2.05) is 20.8 Å². The number of hydrogen-bond donors (Lipinski definition) is 0. The molecule has 0 heterocycles. The van der Waals surface area contributed by atoms with E-state index in [1.54, 1.807) is 0 Å². The highest BCUT2D eigenvalue weighted by Gasteiger charge is 2.48. The normalized spacial score (nSPS) is 33.3. The van der Waals surface area contributed by atoms with Crippen molar-refractivity contribution in [2.24, 2.45) is 23.2 Å². The molecule has 3 heteroatoms. The van der Waals surface area contributed by atoms with Crippen molar-refractivity contribution in [3.63, 3.8) is 0 Å². The molecule has 0 saturated heterocycles. The van der Waals surface area contributed by atoms with Crippen LogP contribution in [0.4, 0.5) is 0 Å². The third-order valence-electron chi connectivity index (χ3n) is 4.91. The number of rotatable bonds is 5. The molecule has 1 saturated carbocycles.